The number of aliphatic hydroxyl groups is 1. The molecule has 0 saturated heterocycles. The maximum absolute atomic E-state index is 10.2. The molecule has 0 aliphatic carbocycles. The average Bonchev–Trinajstić information content (AvgIpc) is 2.19. The first-order valence-corrected chi connectivity index (χ1v) is 4.06. The molecule has 0 saturated carbocycles. The molecule has 72 valence electrons. The second kappa shape index (κ2) is 4.87. The number of carboxylic acid groups (broad SMARTS) is 1. The lowest BCUT2D eigenvalue weighted by Crippen LogP contribution is -1.97. The van der Waals surface area contributed by atoms with Gasteiger partial charge in [-0.1, -0.05) is 42.5 Å². The molecule has 3 nitrogen and oxygen atoms in total. The Morgan fingerprint density at radius 3 is 2.36 bits per heavy atom. The molecule has 0 fully saturated rings. The number of aliphatic hydroxyl groups excluding tert-OH is 1. The number of carboxylic acids is 1. The highest BCUT2D eigenvalue weighted by atomic mass is 16.4. The normalized spacial score (nSPS) is 11.9. The van der Waals surface area contributed by atoms with Crippen molar-refractivity contribution in [2.45, 2.75) is 0 Å². The Hall–Kier alpha value is -2.03. The SMILES string of the molecule is O=C(O)C(O)=CC=Cc1ccccc1. The van der Waals surface area contributed by atoms with Crippen molar-refractivity contribution >= 4 is 12.0 Å². The largest absolute Gasteiger partial charge is 0.502 e. The van der Waals surface area contributed by atoms with Crippen LogP contribution in [0.3, 0.4) is 0 Å². The van der Waals surface area contributed by atoms with E-state index in [-0.39, 0.29) is 0 Å². The van der Waals surface area contributed by atoms with Gasteiger partial charge in [0, 0.05) is 0 Å². The summed E-state index contributed by atoms with van der Waals surface area (Å²) in [5.41, 5.74) is 0.946. The molecule has 1 aromatic carbocycles. The Morgan fingerprint density at radius 1 is 1.14 bits per heavy atom. The van der Waals surface area contributed by atoms with Crippen LogP contribution in [0.1, 0.15) is 5.56 Å². The van der Waals surface area contributed by atoms with Crippen LogP contribution in [-0.4, -0.2) is 16.2 Å². The predicted octanol–water partition coefficient (Wildman–Crippen LogP) is 2.23. The topological polar surface area (TPSA) is 57.5 Å². The van der Waals surface area contributed by atoms with E-state index in [9.17, 15) is 4.79 Å². The van der Waals surface area contributed by atoms with Crippen molar-refractivity contribution in [1.82, 2.24) is 0 Å². The van der Waals surface area contributed by atoms with Gasteiger partial charge in [0.1, 0.15) is 0 Å². The molecule has 3 heteroatoms. The Morgan fingerprint density at radius 2 is 1.79 bits per heavy atom. The van der Waals surface area contributed by atoms with Crippen LogP contribution in [0.2, 0.25) is 0 Å². The summed E-state index contributed by atoms with van der Waals surface area (Å²) in [5, 5.41) is 17.1. The lowest BCUT2D eigenvalue weighted by atomic mass is 10.2. The van der Waals surface area contributed by atoms with Crippen molar-refractivity contribution < 1.29 is 15.0 Å². The van der Waals surface area contributed by atoms with Gasteiger partial charge in [0.15, 0.2) is 0 Å². The number of carbonyl (C=O) groups is 1. The van der Waals surface area contributed by atoms with Crippen LogP contribution in [0.4, 0.5) is 0 Å². The molecule has 0 aliphatic rings. The summed E-state index contributed by atoms with van der Waals surface area (Å²) in [6.07, 6.45) is 4.33. The van der Waals surface area contributed by atoms with Gasteiger partial charge in [-0.25, -0.2) is 4.79 Å². The van der Waals surface area contributed by atoms with E-state index < -0.39 is 11.7 Å². The predicted molar refractivity (Wildman–Crippen MR) is 53.8 cm³/mol. The van der Waals surface area contributed by atoms with Crippen LogP contribution < -0.4 is 0 Å². The highest BCUT2D eigenvalue weighted by molar-refractivity contribution is 5.84. The molecule has 0 aliphatic heterocycles. The van der Waals surface area contributed by atoms with Gasteiger partial charge in [-0.3, -0.25) is 0 Å². The summed E-state index contributed by atoms with van der Waals surface area (Å²) in [4.78, 5) is 10.2. The van der Waals surface area contributed by atoms with Gasteiger partial charge in [0.05, 0.1) is 0 Å². The molecular weight excluding hydrogens is 180 g/mol. The summed E-state index contributed by atoms with van der Waals surface area (Å²) in [5.74, 6) is -2.00. The van der Waals surface area contributed by atoms with Gasteiger partial charge < -0.3 is 10.2 Å². The molecule has 0 amide bonds. The average molecular weight is 190 g/mol. The van der Waals surface area contributed by atoms with Crippen LogP contribution >= 0.6 is 0 Å². The molecule has 1 rings (SSSR count). The van der Waals surface area contributed by atoms with E-state index in [0.717, 1.165) is 11.6 Å². The molecule has 0 bridgehead atoms. The number of hydrogen-bond donors (Lipinski definition) is 2. The summed E-state index contributed by atoms with van der Waals surface area (Å²) < 4.78 is 0. The molecular formula is C11H10O3. The maximum Gasteiger partial charge on any atom is 0.370 e. The lowest BCUT2D eigenvalue weighted by molar-refractivity contribution is -0.135. The molecule has 0 aromatic heterocycles. The van der Waals surface area contributed by atoms with Crippen LogP contribution in [0.25, 0.3) is 6.08 Å². The summed E-state index contributed by atoms with van der Waals surface area (Å²) in [6, 6.07) is 9.40. The first-order chi connectivity index (χ1) is 6.70. The van der Waals surface area contributed by atoms with E-state index in [2.05, 4.69) is 0 Å². The van der Waals surface area contributed by atoms with Gasteiger partial charge in [0.2, 0.25) is 5.76 Å². The van der Waals surface area contributed by atoms with Crippen molar-refractivity contribution in [3.05, 3.63) is 53.8 Å². The molecule has 0 heterocycles. The monoisotopic (exact) mass is 190 g/mol. The lowest BCUT2D eigenvalue weighted by Gasteiger charge is -1.89. The minimum atomic E-state index is -1.33. The number of allylic oxidation sites excluding steroid dienone is 2. The van der Waals surface area contributed by atoms with Gasteiger partial charge in [0.25, 0.3) is 0 Å². The Labute approximate surface area is 81.6 Å². The fourth-order valence-corrected chi connectivity index (χ4v) is 0.886. The molecule has 0 unspecified atom stereocenters. The Bertz CT molecular complexity index is 363. The summed E-state index contributed by atoms with van der Waals surface area (Å²) in [7, 11) is 0. The zero-order valence-electron chi connectivity index (χ0n) is 7.42. The standard InChI is InChI=1S/C11H10O3/c12-10(11(13)14)8-4-7-9-5-2-1-3-6-9/h1-8,12H,(H,13,14). The second-order valence-electron chi connectivity index (χ2n) is 2.63. The Kier molecular flexibility index (Phi) is 3.49. The molecule has 2 N–H and O–H groups in total. The summed E-state index contributed by atoms with van der Waals surface area (Å²) in [6.45, 7) is 0. The zero-order chi connectivity index (χ0) is 10.4. The highest BCUT2D eigenvalue weighted by Gasteiger charge is 1.99. The van der Waals surface area contributed by atoms with E-state index in [1.54, 1.807) is 6.08 Å². The fourth-order valence-electron chi connectivity index (χ4n) is 0.886. The van der Waals surface area contributed by atoms with Crippen LogP contribution in [0.15, 0.2) is 48.2 Å². The Balaban J connectivity index is 2.66. The third kappa shape index (κ3) is 3.15. The first kappa shape index (κ1) is 10.1. The van der Waals surface area contributed by atoms with E-state index in [0.29, 0.717) is 0 Å². The van der Waals surface area contributed by atoms with Crippen molar-refractivity contribution in [2.24, 2.45) is 0 Å². The second-order valence-corrected chi connectivity index (χ2v) is 2.63. The van der Waals surface area contributed by atoms with Crippen molar-refractivity contribution in [3.63, 3.8) is 0 Å². The first-order valence-electron chi connectivity index (χ1n) is 4.06. The van der Waals surface area contributed by atoms with Crippen LogP contribution in [0, 0.1) is 0 Å². The summed E-state index contributed by atoms with van der Waals surface area (Å²) >= 11 is 0. The van der Waals surface area contributed by atoms with E-state index >= 15 is 0 Å². The smallest absolute Gasteiger partial charge is 0.370 e. The van der Waals surface area contributed by atoms with Gasteiger partial charge in [-0.2, -0.15) is 0 Å². The third-order valence-electron chi connectivity index (χ3n) is 1.56. The maximum atomic E-state index is 10.2. The van der Waals surface area contributed by atoms with Crippen molar-refractivity contribution in [2.75, 3.05) is 0 Å². The van der Waals surface area contributed by atoms with Crippen LogP contribution in [0.5, 0.6) is 0 Å². The minimum absolute atomic E-state index is 0.669. The molecule has 0 atom stereocenters. The van der Waals surface area contributed by atoms with Gasteiger partial charge >= 0.3 is 5.97 Å². The highest BCUT2D eigenvalue weighted by Crippen LogP contribution is 2.01. The number of hydrogen-bond acceptors (Lipinski definition) is 2. The minimum Gasteiger partial charge on any atom is -0.502 e. The molecule has 0 spiro atoms. The van der Waals surface area contributed by atoms with Crippen molar-refractivity contribution in [3.8, 4) is 0 Å². The number of aliphatic carboxylic acids is 1. The van der Waals surface area contributed by atoms with Gasteiger partial charge in [-0.15, -0.1) is 0 Å². The van der Waals surface area contributed by atoms with E-state index in [1.165, 1.54) is 6.08 Å². The third-order valence-corrected chi connectivity index (χ3v) is 1.56. The number of benzene rings is 1. The number of rotatable bonds is 3. The quantitative estimate of drug-likeness (QED) is 0.436. The van der Waals surface area contributed by atoms with Crippen LogP contribution in [-0.2, 0) is 4.79 Å². The van der Waals surface area contributed by atoms with E-state index in [4.69, 9.17) is 10.2 Å². The molecule has 1 aromatic rings. The molecule has 0 radical (unpaired) electrons. The van der Waals surface area contributed by atoms with E-state index in [1.807, 2.05) is 30.3 Å². The van der Waals surface area contributed by atoms with Crippen molar-refractivity contribution in [1.29, 1.82) is 0 Å². The zero-order valence-corrected chi connectivity index (χ0v) is 7.42. The van der Waals surface area contributed by atoms with Gasteiger partial charge in [-0.05, 0) is 11.6 Å². The fraction of sp³-hybridized carbons (Fsp3) is 0. The molecule has 14 heavy (non-hydrogen) atoms.